The number of allylic oxidation sites excluding steroid dienone is 2. The Balaban J connectivity index is 1.54. The fraction of sp³-hybridized carbons (Fsp3) is 0.378. The van der Waals surface area contributed by atoms with Crippen LogP contribution >= 0.6 is 0 Å². The molecule has 2 unspecified atom stereocenters. The molecule has 1 saturated heterocycles. The molecule has 1 heterocycles. The van der Waals surface area contributed by atoms with Crippen molar-refractivity contribution in [3.63, 3.8) is 0 Å². The molecular weight excluding hydrogens is 719 g/mol. The molecule has 236 valence electrons. The molecule has 2 aliphatic carbocycles. The molecule has 46 heavy (non-hydrogen) atoms. The molecule has 0 nitrogen and oxygen atoms in total. The molecule has 4 aromatic rings. The molecule has 0 saturated carbocycles. The van der Waals surface area contributed by atoms with E-state index in [0.717, 1.165) is 0 Å². The predicted molar refractivity (Wildman–Crippen MR) is 197 cm³/mol. The van der Waals surface area contributed by atoms with E-state index in [2.05, 4.69) is 150 Å². The van der Waals surface area contributed by atoms with Crippen LogP contribution in [0.1, 0.15) is 92.4 Å². The number of fused-ring (bicyclic) bond motifs is 6. The van der Waals surface area contributed by atoms with Gasteiger partial charge in [0.1, 0.15) is 0 Å². The van der Waals surface area contributed by atoms with Crippen LogP contribution in [0.5, 0.6) is 0 Å². The maximum absolute atomic E-state index is 3.18. The standard InChI is InChI=1S/C43H46.2CH3.Hf/c1-27(2)25-43(26-28(3)4,35-21-33-17-11-19-37(39(33)23-35)41-29(5)13-9-14-30(41)6)36-22-34-18-12-20-38(40(34)24-36)42-31(7)15-10-16-32(42)8;;;/h9-24,27-28H,25-26H2,1-8H3;2*1H3;. The van der Waals surface area contributed by atoms with Gasteiger partial charge < -0.3 is 0 Å². The summed E-state index contributed by atoms with van der Waals surface area (Å²) in [6, 6.07) is 28.2. The zero-order valence-corrected chi connectivity index (χ0v) is 33.4. The van der Waals surface area contributed by atoms with Gasteiger partial charge in [-0.05, 0) is 0 Å². The Morgan fingerprint density at radius 3 is 1.24 bits per heavy atom. The van der Waals surface area contributed by atoms with Crippen molar-refractivity contribution in [3.05, 3.63) is 128 Å². The van der Waals surface area contributed by atoms with Gasteiger partial charge in [-0.1, -0.05) is 0 Å². The first-order valence-corrected chi connectivity index (χ1v) is 29.0. The number of benzene rings is 4. The number of aryl methyl sites for hydroxylation is 4. The normalized spacial score (nSPS) is 20.3. The molecule has 0 bridgehead atoms. The van der Waals surface area contributed by atoms with E-state index in [1.807, 2.05) is 0 Å². The summed E-state index contributed by atoms with van der Waals surface area (Å²) in [5, 5.41) is 0. The van der Waals surface area contributed by atoms with Crippen molar-refractivity contribution in [3.8, 4) is 22.3 Å². The maximum atomic E-state index is 2.81. The Morgan fingerprint density at radius 2 is 0.891 bits per heavy atom. The van der Waals surface area contributed by atoms with Crippen LogP contribution < -0.4 is 0 Å². The van der Waals surface area contributed by atoms with Gasteiger partial charge in [-0.2, -0.15) is 0 Å². The van der Waals surface area contributed by atoms with Crippen molar-refractivity contribution in [1.82, 2.24) is 0 Å². The second-order valence-electron chi connectivity index (χ2n) is 16.3. The number of hydrogen-bond acceptors (Lipinski definition) is 0. The van der Waals surface area contributed by atoms with Crippen LogP contribution in [0.3, 0.4) is 0 Å². The summed E-state index contributed by atoms with van der Waals surface area (Å²) in [6.07, 6.45) is 7.94. The third-order valence-electron chi connectivity index (χ3n) is 11.7. The van der Waals surface area contributed by atoms with Crippen LogP contribution in [0.15, 0.2) is 83.9 Å². The Labute approximate surface area is 283 Å². The van der Waals surface area contributed by atoms with Crippen molar-refractivity contribution in [2.24, 2.45) is 17.3 Å². The molecule has 1 aliphatic heterocycles. The Bertz CT molecular complexity index is 1750. The van der Waals surface area contributed by atoms with E-state index in [1.165, 1.54) is 68.5 Å². The minimum absolute atomic E-state index is 0.0708. The van der Waals surface area contributed by atoms with Crippen molar-refractivity contribution in [2.45, 2.75) is 84.9 Å². The van der Waals surface area contributed by atoms with Crippen molar-refractivity contribution < 1.29 is 20.0 Å². The molecule has 0 radical (unpaired) electrons. The first-order valence-electron chi connectivity index (χ1n) is 17.7. The molecule has 0 N–H and O–H groups in total. The summed E-state index contributed by atoms with van der Waals surface area (Å²) in [5.41, 5.74) is 21.2. The average molecular weight is 771 g/mol. The van der Waals surface area contributed by atoms with E-state index < -0.39 is 20.0 Å². The summed E-state index contributed by atoms with van der Waals surface area (Å²) in [7, 11) is 0. The van der Waals surface area contributed by atoms with Crippen molar-refractivity contribution in [1.29, 1.82) is 0 Å². The summed E-state index contributed by atoms with van der Waals surface area (Å²) >= 11 is -3.18. The third kappa shape index (κ3) is 4.69. The Kier molecular flexibility index (Phi) is 7.91. The minimum atomic E-state index is -3.18. The first kappa shape index (κ1) is 31.8. The van der Waals surface area contributed by atoms with Crippen molar-refractivity contribution in [2.75, 3.05) is 0 Å². The molecule has 2 atom stereocenters. The summed E-state index contributed by atoms with van der Waals surface area (Å²) in [6.45, 7) is 19.0. The average Bonchev–Trinajstić information content (AvgIpc) is 3.58. The van der Waals surface area contributed by atoms with E-state index in [0.29, 0.717) is 19.2 Å². The molecule has 0 aromatic heterocycles. The topological polar surface area (TPSA) is 0 Å². The summed E-state index contributed by atoms with van der Waals surface area (Å²) in [4.78, 5) is 0. The van der Waals surface area contributed by atoms with Gasteiger partial charge in [-0.25, -0.2) is 0 Å². The van der Waals surface area contributed by atoms with Crippen molar-refractivity contribution >= 4 is 12.2 Å². The molecule has 0 spiro atoms. The monoisotopic (exact) mass is 772 g/mol. The van der Waals surface area contributed by atoms with E-state index in [9.17, 15) is 0 Å². The van der Waals surface area contributed by atoms with Gasteiger partial charge in [0.15, 0.2) is 0 Å². The van der Waals surface area contributed by atoms with Gasteiger partial charge in [-0.3, -0.25) is 0 Å². The van der Waals surface area contributed by atoms with Gasteiger partial charge in [-0.15, -0.1) is 0 Å². The second-order valence-corrected chi connectivity index (χ2v) is 33.6. The Hall–Kier alpha value is -2.77. The molecule has 7 rings (SSSR count). The fourth-order valence-electron chi connectivity index (χ4n) is 10.4. The van der Waals surface area contributed by atoms with Crippen LogP contribution in [0.4, 0.5) is 0 Å². The third-order valence-corrected chi connectivity index (χ3v) is 26.9. The van der Waals surface area contributed by atoms with E-state index in [1.54, 1.807) is 22.3 Å². The zero-order chi connectivity index (χ0) is 32.7. The van der Waals surface area contributed by atoms with Gasteiger partial charge in [0.25, 0.3) is 0 Å². The Morgan fingerprint density at radius 1 is 0.543 bits per heavy atom. The predicted octanol–water partition coefficient (Wildman–Crippen LogP) is 13.2. The SMILES string of the molecule is Cc1cccc(C)c1-c1cccc2c1C=C1[CH]2[Hf]([CH3])([CH3])[CH]2C(=Cc3c(-c4c(C)cccc4C)cccc32)C1(CC(C)C)CC(C)C. The molecule has 3 aliphatic rings. The van der Waals surface area contributed by atoms with E-state index >= 15 is 0 Å². The van der Waals surface area contributed by atoms with Crippen LogP contribution in [0, 0.1) is 44.9 Å². The number of rotatable bonds is 6. The summed E-state index contributed by atoms with van der Waals surface area (Å²) in [5.74, 6) is 1.23. The molecular formula is C45H52Hf. The van der Waals surface area contributed by atoms with Gasteiger partial charge in [0, 0.05) is 0 Å². The molecule has 1 heteroatoms. The van der Waals surface area contributed by atoms with Crippen LogP contribution in [-0.4, -0.2) is 0 Å². The van der Waals surface area contributed by atoms with Gasteiger partial charge in [0.2, 0.25) is 0 Å². The zero-order valence-electron chi connectivity index (χ0n) is 29.8. The van der Waals surface area contributed by atoms with E-state index in [4.69, 9.17) is 0 Å². The second kappa shape index (κ2) is 11.4. The van der Waals surface area contributed by atoms with Crippen LogP contribution in [0.2, 0.25) is 9.36 Å². The molecule has 1 fully saturated rings. The first-order chi connectivity index (χ1) is 21.9. The molecule has 4 aromatic carbocycles. The van der Waals surface area contributed by atoms with Crippen LogP contribution in [0.25, 0.3) is 34.4 Å². The van der Waals surface area contributed by atoms with Gasteiger partial charge in [0.05, 0.1) is 0 Å². The summed E-state index contributed by atoms with van der Waals surface area (Å²) < 4.78 is 6.81. The molecule has 0 amide bonds. The van der Waals surface area contributed by atoms with Crippen LogP contribution in [-0.2, 0) is 20.0 Å². The fourth-order valence-corrected chi connectivity index (χ4v) is 27.5. The quantitative estimate of drug-likeness (QED) is 0.171. The van der Waals surface area contributed by atoms with E-state index in [-0.39, 0.29) is 5.41 Å². The van der Waals surface area contributed by atoms with Gasteiger partial charge >= 0.3 is 285 Å². The number of hydrogen-bond donors (Lipinski definition) is 0.